The second-order valence-electron chi connectivity index (χ2n) is 5.42. The summed E-state index contributed by atoms with van der Waals surface area (Å²) in [5.74, 6) is -0.954. The van der Waals surface area contributed by atoms with Crippen LogP contribution in [-0.2, 0) is 17.6 Å². The van der Waals surface area contributed by atoms with Gasteiger partial charge in [0.1, 0.15) is 0 Å². The summed E-state index contributed by atoms with van der Waals surface area (Å²) in [6.45, 7) is 3.01. The van der Waals surface area contributed by atoms with E-state index < -0.39 is 5.97 Å². The van der Waals surface area contributed by atoms with Gasteiger partial charge in [-0.25, -0.2) is 9.59 Å². The molecule has 0 bridgehead atoms. The van der Waals surface area contributed by atoms with Crippen LogP contribution in [0.25, 0.3) is 10.9 Å². The Kier molecular flexibility index (Phi) is 4.14. The normalized spacial score (nSPS) is 14.2. The molecule has 2 heterocycles. The molecule has 120 valence electrons. The Morgan fingerprint density at radius 3 is 2.74 bits per heavy atom. The summed E-state index contributed by atoms with van der Waals surface area (Å²) in [7, 11) is 0. The molecule has 6 heteroatoms. The van der Waals surface area contributed by atoms with Crippen LogP contribution in [0.5, 0.6) is 0 Å². The quantitative estimate of drug-likeness (QED) is 0.921. The van der Waals surface area contributed by atoms with Gasteiger partial charge in [-0.2, -0.15) is 0 Å². The van der Waals surface area contributed by atoms with Gasteiger partial charge in [-0.05, 0) is 25.0 Å². The average molecular weight is 314 g/mol. The lowest BCUT2D eigenvalue weighted by molar-refractivity contribution is 0.0697. The third-order valence-electron chi connectivity index (χ3n) is 4.07. The third-order valence-corrected chi connectivity index (χ3v) is 4.07. The summed E-state index contributed by atoms with van der Waals surface area (Å²) in [5, 5.41) is 10.3. The number of carbonyl (C=O) groups excluding carboxylic acids is 1. The second-order valence-corrected chi connectivity index (χ2v) is 5.42. The maximum absolute atomic E-state index is 11.9. The van der Waals surface area contributed by atoms with Crippen LogP contribution in [0.2, 0.25) is 0 Å². The highest BCUT2D eigenvalue weighted by Gasteiger charge is 2.25. The number of carboxylic acids is 1. The standard InChI is InChI=1S/C17H18N2O4/c1-2-23-17(22)19-9-7-12-14(8-10-19)18-13-6-4-3-5-11(13)15(12)16(20)21/h3-6H,2,7-10H2,1H3,(H,20,21). The average Bonchev–Trinajstić information content (AvgIpc) is 2.74. The van der Waals surface area contributed by atoms with E-state index in [1.54, 1.807) is 17.9 Å². The summed E-state index contributed by atoms with van der Waals surface area (Å²) in [6, 6.07) is 7.25. The highest BCUT2D eigenvalue weighted by molar-refractivity contribution is 6.04. The van der Waals surface area contributed by atoms with Gasteiger partial charge in [-0.1, -0.05) is 18.2 Å². The van der Waals surface area contributed by atoms with E-state index in [4.69, 9.17) is 4.74 Å². The molecular formula is C17H18N2O4. The van der Waals surface area contributed by atoms with Crippen molar-refractivity contribution in [2.24, 2.45) is 0 Å². The lowest BCUT2D eigenvalue weighted by Gasteiger charge is -2.18. The van der Waals surface area contributed by atoms with Gasteiger partial charge in [0.05, 0.1) is 17.7 Å². The lowest BCUT2D eigenvalue weighted by atomic mass is 9.97. The Morgan fingerprint density at radius 2 is 2.00 bits per heavy atom. The molecule has 0 spiro atoms. The van der Waals surface area contributed by atoms with Crippen LogP contribution < -0.4 is 0 Å². The first-order chi connectivity index (χ1) is 11.1. The molecule has 1 N–H and O–H groups in total. The highest BCUT2D eigenvalue weighted by Crippen LogP contribution is 2.26. The molecule has 2 aromatic rings. The van der Waals surface area contributed by atoms with E-state index in [1.165, 1.54) is 0 Å². The van der Waals surface area contributed by atoms with Crippen LogP contribution in [0.4, 0.5) is 4.79 Å². The molecule has 1 aromatic heterocycles. The zero-order valence-electron chi connectivity index (χ0n) is 12.9. The van der Waals surface area contributed by atoms with Gasteiger partial charge in [0.15, 0.2) is 0 Å². The molecule has 0 aliphatic carbocycles. The monoisotopic (exact) mass is 314 g/mol. The van der Waals surface area contributed by atoms with E-state index in [9.17, 15) is 14.7 Å². The number of rotatable bonds is 2. The molecular weight excluding hydrogens is 296 g/mol. The van der Waals surface area contributed by atoms with Gasteiger partial charge >= 0.3 is 12.1 Å². The fraction of sp³-hybridized carbons (Fsp3) is 0.353. The minimum absolute atomic E-state index is 0.302. The summed E-state index contributed by atoms with van der Waals surface area (Å²) in [6.07, 6.45) is 0.633. The van der Waals surface area contributed by atoms with E-state index in [0.717, 1.165) is 11.3 Å². The molecule has 6 nitrogen and oxygen atoms in total. The Labute approximate surface area is 133 Å². The van der Waals surface area contributed by atoms with Gasteiger partial charge in [0, 0.05) is 30.6 Å². The van der Waals surface area contributed by atoms with Crippen molar-refractivity contribution >= 4 is 23.0 Å². The van der Waals surface area contributed by atoms with E-state index in [2.05, 4.69) is 4.98 Å². The molecule has 0 radical (unpaired) electrons. The van der Waals surface area contributed by atoms with Crippen LogP contribution in [0, 0.1) is 0 Å². The van der Waals surface area contributed by atoms with Gasteiger partial charge in [0.25, 0.3) is 0 Å². The molecule has 0 atom stereocenters. The summed E-state index contributed by atoms with van der Waals surface area (Å²) >= 11 is 0. The fourth-order valence-electron chi connectivity index (χ4n) is 3.02. The second kappa shape index (κ2) is 6.24. The molecule has 1 aliphatic heterocycles. The molecule has 3 rings (SSSR count). The number of aromatic carboxylic acids is 1. The van der Waals surface area contributed by atoms with E-state index >= 15 is 0 Å². The number of carboxylic acid groups (broad SMARTS) is 1. The van der Waals surface area contributed by atoms with Crippen LogP contribution >= 0.6 is 0 Å². The van der Waals surface area contributed by atoms with Crippen molar-refractivity contribution in [1.82, 2.24) is 9.88 Å². The first kappa shape index (κ1) is 15.3. The molecule has 1 aromatic carbocycles. The number of aromatic nitrogens is 1. The smallest absolute Gasteiger partial charge is 0.409 e. The number of ether oxygens (including phenoxy) is 1. The number of para-hydroxylation sites is 1. The number of hydrogen-bond acceptors (Lipinski definition) is 4. The number of hydrogen-bond donors (Lipinski definition) is 1. The van der Waals surface area contributed by atoms with Gasteiger partial charge in [0.2, 0.25) is 0 Å². The van der Waals surface area contributed by atoms with Crippen molar-refractivity contribution in [1.29, 1.82) is 0 Å². The van der Waals surface area contributed by atoms with Crippen molar-refractivity contribution < 1.29 is 19.4 Å². The molecule has 0 fully saturated rings. The number of fused-ring (bicyclic) bond motifs is 2. The van der Waals surface area contributed by atoms with Gasteiger partial charge in [-0.15, -0.1) is 0 Å². The Balaban J connectivity index is 2.04. The van der Waals surface area contributed by atoms with E-state index in [1.807, 2.05) is 18.2 Å². The Morgan fingerprint density at radius 1 is 1.26 bits per heavy atom. The first-order valence-corrected chi connectivity index (χ1v) is 7.67. The minimum atomic E-state index is -0.954. The third kappa shape index (κ3) is 2.84. The summed E-state index contributed by atoms with van der Waals surface area (Å²) in [5.41, 5.74) is 2.46. The van der Waals surface area contributed by atoms with Crippen molar-refractivity contribution in [2.75, 3.05) is 19.7 Å². The molecule has 1 aliphatic rings. The largest absolute Gasteiger partial charge is 0.478 e. The molecule has 0 saturated carbocycles. The Bertz CT molecular complexity index is 773. The molecule has 0 unspecified atom stereocenters. The zero-order chi connectivity index (χ0) is 16.4. The van der Waals surface area contributed by atoms with Crippen LogP contribution in [0.3, 0.4) is 0 Å². The first-order valence-electron chi connectivity index (χ1n) is 7.67. The number of carbonyl (C=O) groups is 2. The predicted molar refractivity (Wildman–Crippen MR) is 84.7 cm³/mol. The van der Waals surface area contributed by atoms with Gasteiger partial charge < -0.3 is 14.7 Å². The lowest BCUT2D eigenvalue weighted by Crippen LogP contribution is -2.33. The topological polar surface area (TPSA) is 79.7 Å². The summed E-state index contributed by atoms with van der Waals surface area (Å²) in [4.78, 5) is 29.9. The van der Waals surface area contributed by atoms with Crippen LogP contribution in [-0.4, -0.2) is 46.7 Å². The summed E-state index contributed by atoms with van der Waals surface area (Å²) < 4.78 is 5.04. The highest BCUT2D eigenvalue weighted by atomic mass is 16.6. The van der Waals surface area contributed by atoms with Crippen molar-refractivity contribution in [2.45, 2.75) is 19.8 Å². The number of pyridine rings is 1. The maximum Gasteiger partial charge on any atom is 0.409 e. The van der Waals surface area contributed by atoms with E-state index in [0.29, 0.717) is 49.0 Å². The minimum Gasteiger partial charge on any atom is -0.478 e. The number of benzene rings is 1. The predicted octanol–water partition coefficient (Wildman–Crippen LogP) is 2.49. The van der Waals surface area contributed by atoms with Crippen LogP contribution in [0.15, 0.2) is 24.3 Å². The van der Waals surface area contributed by atoms with Crippen molar-refractivity contribution in [3.63, 3.8) is 0 Å². The van der Waals surface area contributed by atoms with Crippen LogP contribution in [0.1, 0.15) is 28.5 Å². The molecule has 0 saturated heterocycles. The molecule has 23 heavy (non-hydrogen) atoms. The number of nitrogens with zero attached hydrogens (tertiary/aromatic N) is 2. The molecule has 1 amide bonds. The zero-order valence-corrected chi connectivity index (χ0v) is 12.9. The van der Waals surface area contributed by atoms with Gasteiger partial charge in [-0.3, -0.25) is 4.98 Å². The van der Waals surface area contributed by atoms with Crippen molar-refractivity contribution in [3.8, 4) is 0 Å². The Hall–Kier alpha value is -2.63. The SMILES string of the molecule is CCOC(=O)N1CCc2nc3ccccc3c(C(=O)O)c2CC1. The number of amides is 1. The fourth-order valence-corrected chi connectivity index (χ4v) is 3.02. The van der Waals surface area contributed by atoms with Crippen molar-refractivity contribution in [3.05, 3.63) is 41.1 Å². The van der Waals surface area contributed by atoms with E-state index in [-0.39, 0.29) is 6.09 Å². The maximum atomic E-state index is 11.9.